The maximum Gasteiger partial charge on any atom is 0.263 e. The van der Waals surface area contributed by atoms with Crippen molar-refractivity contribution in [2.75, 3.05) is 5.32 Å². The molecular formula is C27H27N7O3. The van der Waals surface area contributed by atoms with Crippen LogP contribution in [0.25, 0.3) is 22.7 Å². The number of amides is 1. The Balaban J connectivity index is 1.52. The van der Waals surface area contributed by atoms with Crippen LogP contribution < -0.4 is 15.6 Å². The Hall–Kier alpha value is -4.73. The molecule has 0 radical (unpaired) electrons. The van der Waals surface area contributed by atoms with Crippen molar-refractivity contribution in [3.63, 3.8) is 0 Å². The van der Waals surface area contributed by atoms with E-state index in [0.717, 1.165) is 16.8 Å². The summed E-state index contributed by atoms with van der Waals surface area (Å²) in [6.45, 7) is 9.69. The van der Waals surface area contributed by atoms with Gasteiger partial charge in [-0.25, -0.2) is 4.68 Å². The van der Waals surface area contributed by atoms with Crippen LogP contribution in [0.15, 0.2) is 59.5 Å². The van der Waals surface area contributed by atoms with Crippen molar-refractivity contribution in [3.8, 4) is 17.4 Å². The molecule has 0 aliphatic carbocycles. The molecule has 5 aromatic rings. The molecule has 1 amide bonds. The molecule has 0 spiro atoms. The number of H-pyrrole nitrogens is 1. The molecule has 0 saturated heterocycles. The molecule has 0 bridgehead atoms. The van der Waals surface area contributed by atoms with Gasteiger partial charge in [-0.2, -0.15) is 19.9 Å². The van der Waals surface area contributed by atoms with Crippen LogP contribution >= 0.6 is 0 Å². The van der Waals surface area contributed by atoms with Gasteiger partial charge in [0, 0.05) is 11.6 Å². The van der Waals surface area contributed by atoms with Crippen LogP contribution in [-0.2, 0) is 0 Å². The number of hydrogen-bond donors (Lipinski definition) is 2. The molecular weight excluding hydrogens is 470 g/mol. The molecule has 188 valence electrons. The van der Waals surface area contributed by atoms with E-state index in [1.807, 2.05) is 45.9 Å². The number of nitrogens with zero attached hydrogens (tertiary/aromatic N) is 5. The zero-order valence-corrected chi connectivity index (χ0v) is 21.2. The third-order valence-corrected chi connectivity index (χ3v) is 5.99. The van der Waals surface area contributed by atoms with Crippen LogP contribution in [0, 0.1) is 20.8 Å². The number of fused-ring (bicyclic) bond motifs is 1. The summed E-state index contributed by atoms with van der Waals surface area (Å²) in [5, 5.41) is 12.1. The first-order valence-corrected chi connectivity index (χ1v) is 11.9. The largest absolute Gasteiger partial charge is 0.491 e. The van der Waals surface area contributed by atoms with Crippen LogP contribution in [0.2, 0.25) is 0 Å². The molecule has 37 heavy (non-hydrogen) atoms. The van der Waals surface area contributed by atoms with Crippen molar-refractivity contribution in [3.05, 3.63) is 87.5 Å². The minimum atomic E-state index is -0.359. The number of rotatable bonds is 6. The van der Waals surface area contributed by atoms with E-state index in [-0.39, 0.29) is 23.5 Å². The number of aromatic nitrogens is 6. The Labute approximate surface area is 212 Å². The van der Waals surface area contributed by atoms with Gasteiger partial charge in [0.1, 0.15) is 17.0 Å². The van der Waals surface area contributed by atoms with Crippen LogP contribution in [0.4, 0.5) is 5.82 Å². The van der Waals surface area contributed by atoms with Crippen LogP contribution in [0.5, 0.6) is 5.75 Å². The molecule has 10 nitrogen and oxygen atoms in total. The topological polar surface area (TPSA) is 120 Å². The summed E-state index contributed by atoms with van der Waals surface area (Å²) >= 11 is 0. The Morgan fingerprint density at radius 3 is 2.54 bits per heavy atom. The lowest BCUT2D eigenvalue weighted by molar-refractivity contribution is 0.102. The number of ether oxygens (including phenoxy) is 1. The lowest BCUT2D eigenvalue weighted by Crippen LogP contribution is -2.19. The average molecular weight is 498 g/mol. The standard InChI is InChI=1S/C27H27N7O3/c1-15(2)37-20-11-9-19(10-12-20)25(35)29-23-13-17(4)32-34(23)27-30-24-21(26(36)31-27)14-28-33(24)22-8-6-7-16(3)18(22)5/h6-15H,1-5H3,(H,29,35)(H,30,31,36). The second-order valence-corrected chi connectivity index (χ2v) is 9.13. The molecule has 2 aromatic carbocycles. The van der Waals surface area contributed by atoms with E-state index in [9.17, 15) is 9.59 Å². The van der Waals surface area contributed by atoms with E-state index < -0.39 is 0 Å². The lowest BCUT2D eigenvalue weighted by atomic mass is 10.1. The van der Waals surface area contributed by atoms with E-state index in [2.05, 4.69) is 25.5 Å². The third kappa shape index (κ3) is 4.61. The number of hydrogen-bond acceptors (Lipinski definition) is 6. The number of anilines is 1. The summed E-state index contributed by atoms with van der Waals surface area (Å²) in [6, 6.07) is 14.5. The maximum absolute atomic E-state index is 13.0. The number of aryl methyl sites for hydroxylation is 2. The lowest BCUT2D eigenvalue weighted by Gasteiger charge is -2.11. The van der Waals surface area contributed by atoms with Crippen molar-refractivity contribution >= 4 is 22.8 Å². The van der Waals surface area contributed by atoms with Crippen molar-refractivity contribution in [1.29, 1.82) is 0 Å². The number of benzene rings is 2. The molecule has 0 saturated carbocycles. The minimum absolute atomic E-state index is 0.0372. The highest BCUT2D eigenvalue weighted by molar-refractivity contribution is 6.04. The van der Waals surface area contributed by atoms with Crippen molar-refractivity contribution < 1.29 is 9.53 Å². The van der Waals surface area contributed by atoms with E-state index in [4.69, 9.17) is 4.74 Å². The fourth-order valence-corrected chi connectivity index (χ4v) is 4.04. The van der Waals surface area contributed by atoms with Gasteiger partial charge in [0.05, 0.1) is 23.7 Å². The molecule has 3 aromatic heterocycles. The van der Waals surface area contributed by atoms with Crippen molar-refractivity contribution in [2.24, 2.45) is 0 Å². The average Bonchev–Trinajstić information content (AvgIpc) is 3.44. The second kappa shape index (κ2) is 9.38. The Morgan fingerprint density at radius 1 is 1.05 bits per heavy atom. The van der Waals surface area contributed by atoms with Crippen LogP contribution in [0.3, 0.4) is 0 Å². The number of nitrogens with one attached hydrogen (secondary N) is 2. The highest BCUT2D eigenvalue weighted by Crippen LogP contribution is 2.22. The van der Waals surface area contributed by atoms with E-state index in [0.29, 0.717) is 33.9 Å². The second-order valence-electron chi connectivity index (χ2n) is 9.13. The van der Waals surface area contributed by atoms with Gasteiger partial charge in [-0.1, -0.05) is 12.1 Å². The first-order valence-electron chi connectivity index (χ1n) is 11.9. The summed E-state index contributed by atoms with van der Waals surface area (Å²) in [7, 11) is 0. The highest BCUT2D eigenvalue weighted by atomic mass is 16.5. The van der Waals surface area contributed by atoms with E-state index >= 15 is 0 Å². The SMILES string of the molecule is Cc1cc(NC(=O)c2ccc(OC(C)C)cc2)n(-c2nc3c(cnn3-c3cccc(C)c3C)c(=O)[nH]2)n1. The molecule has 5 rings (SSSR count). The molecule has 10 heteroatoms. The van der Waals surface area contributed by atoms with E-state index in [1.54, 1.807) is 41.9 Å². The minimum Gasteiger partial charge on any atom is -0.491 e. The van der Waals surface area contributed by atoms with Gasteiger partial charge in [0.2, 0.25) is 5.95 Å². The van der Waals surface area contributed by atoms with E-state index in [1.165, 1.54) is 10.9 Å². The zero-order chi connectivity index (χ0) is 26.3. The highest BCUT2D eigenvalue weighted by Gasteiger charge is 2.18. The Morgan fingerprint density at radius 2 is 1.81 bits per heavy atom. The fraction of sp³-hybridized carbons (Fsp3) is 0.222. The predicted molar refractivity (Wildman–Crippen MR) is 141 cm³/mol. The number of carbonyl (C=O) groups is 1. The summed E-state index contributed by atoms with van der Waals surface area (Å²) in [4.78, 5) is 33.4. The predicted octanol–water partition coefficient (Wildman–Crippen LogP) is 4.26. The van der Waals surface area contributed by atoms with Gasteiger partial charge in [0.25, 0.3) is 11.5 Å². The van der Waals surface area contributed by atoms with Crippen LogP contribution in [0.1, 0.15) is 41.0 Å². The maximum atomic E-state index is 13.0. The molecule has 0 aliphatic heterocycles. The first-order chi connectivity index (χ1) is 17.7. The smallest absolute Gasteiger partial charge is 0.263 e. The monoisotopic (exact) mass is 497 g/mol. The molecule has 0 unspecified atom stereocenters. The summed E-state index contributed by atoms with van der Waals surface area (Å²) in [5.41, 5.74) is 4.08. The van der Waals surface area contributed by atoms with Gasteiger partial charge in [-0.3, -0.25) is 14.6 Å². The summed E-state index contributed by atoms with van der Waals surface area (Å²) < 4.78 is 8.70. The molecule has 3 heterocycles. The van der Waals surface area contributed by atoms with Gasteiger partial charge >= 0.3 is 0 Å². The number of carbonyl (C=O) groups excluding carboxylic acids is 1. The normalized spacial score (nSPS) is 11.3. The molecule has 0 atom stereocenters. The summed E-state index contributed by atoms with van der Waals surface area (Å²) in [6.07, 6.45) is 1.53. The third-order valence-electron chi connectivity index (χ3n) is 5.99. The Kier molecular flexibility index (Phi) is 6.08. The number of aromatic amines is 1. The fourth-order valence-electron chi connectivity index (χ4n) is 4.04. The van der Waals surface area contributed by atoms with Crippen LogP contribution in [-0.4, -0.2) is 41.5 Å². The van der Waals surface area contributed by atoms with Crippen molar-refractivity contribution in [1.82, 2.24) is 29.5 Å². The quantitative estimate of drug-likeness (QED) is 0.362. The van der Waals surface area contributed by atoms with Gasteiger partial charge < -0.3 is 10.1 Å². The molecule has 0 fully saturated rings. The zero-order valence-electron chi connectivity index (χ0n) is 21.2. The van der Waals surface area contributed by atoms with Crippen molar-refractivity contribution in [2.45, 2.75) is 40.7 Å². The van der Waals surface area contributed by atoms with Gasteiger partial charge in [-0.15, -0.1) is 0 Å². The van der Waals surface area contributed by atoms with Gasteiger partial charge in [-0.05, 0) is 76.1 Å². The molecule has 0 aliphatic rings. The first kappa shape index (κ1) is 24.0. The summed E-state index contributed by atoms with van der Waals surface area (Å²) in [5.74, 6) is 0.878. The molecule has 2 N–H and O–H groups in total. The van der Waals surface area contributed by atoms with Gasteiger partial charge in [0.15, 0.2) is 5.65 Å². The Bertz CT molecular complexity index is 1680.